The third kappa shape index (κ3) is 3.98. The Balaban J connectivity index is 1.51. The van der Waals surface area contributed by atoms with E-state index in [1.165, 1.54) is 5.57 Å². The Morgan fingerprint density at radius 3 is 2.45 bits per heavy atom. The number of carbonyl (C=O) groups is 2. The van der Waals surface area contributed by atoms with Crippen LogP contribution in [0.3, 0.4) is 0 Å². The SMILES string of the molecule is Cc1cc(C2=CCN(C(=O)[C@@H]3[C@@H](C(=O)NO)CC4(CC4)CN3C)CC2)cc(C)c1C#N. The van der Waals surface area contributed by atoms with Crippen LogP contribution >= 0.6 is 0 Å². The summed E-state index contributed by atoms with van der Waals surface area (Å²) >= 11 is 0. The molecule has 2 amide bonds. The topological polar surface area (TPSA) is 96.7 Å². The molecule has 7 nitrogen and oxygen atoms in total. The van der Waals surface area contributed by atoms with E-state index < -0.39 is 17.9 Å². The van der Waals surface area contributed by atoms with Crippen molar-refractivity contribution in [3.8, 4) is 6.07 Å². The smallest absolute Gasteiger partial charge is 0.248 e. The number of hydroxylamine groups is 1. The number of hydrogen-bond acceptors (Lipinski definition) is 5. The number of nitrogens with one attached hydrogen (secondary N) is 1. The van der Waals surface area contributed by atoms with Gasteiger partial charge in [-0.3, -0.25) is 19.7 Å². The molecule has 2 fully saturated rings. The standard InChI is InChI=1S/C24H30N4O3/c1-15-10-18(11-16(2)20(15)13-25)17-4-8-28(9-5-17)23(30)21-19(22(29)26-31)12-24(6-7-24)14-27(21)3/h4,10-11,19,21,31H,5-9,12,14H2,1-3H3,(H,26,29)/t19-,21-/m0/s1. The molecule has 0 aromatic heterocycles. The summed E-state index contributed by atoms with van der Waals surface area (Å²) in [6, 6.07) is 5.79. The van der Waals surface area contributed by atoms with Crippen LogP contribution in [0.1, 0.15) is 47.9 Å². The van der Waals surface area contributed by atoms with Gasteiger partial charge in [-0.05, 0) is 74.3 Å². The molecule has 1 saturated heterocycles. The minimum atomic E-state index is -0.548. The monoisotopic (exact) mass is 422 g/mol. The molecule has 1 aromatic rings. The zero-order chi connectivity index (χ0) is 22.3. The fourth-order valence-electron chi connectivity index (χ4n) is 5.44. The van der Waals surface area contributed by atoms with E-state index in [1.807, 2.05) is 42.8 Å². The van der Waals surface area contributed by atoms with Crippen molar-refractivity contribution in [1.29, 1.82) is 5.26 Å². The van der Waals surface area contributed by atoms with Crippen molar-refractivity contribution in [3.63, 3.8) is 0 Å². The number of benzene rings is 1. The van der Waals surface area contributed by atoms with Crippen LogP contribution in [0.5, 0.6) is 0 Å². The molecule has 0 unspecified atom stereocenters. The molecule has 31 heavy (non-hydrogen) atoms. The molecule has 1 spiro atoms. The van der Waals surface area contributed by atoms with Gasteiger partial charge in [0.2, 0.25) is 11.8 Å². The molecule has 164 valence electrons. The predicted molar refractivity (Wildman–Crippen MR) is 116 cm³/mol. The van der Waals surface area contributed by atoms with Crippen LogP contribution in [-0.4, -0.2) is 59.5 Å². The Kier molecular flexibility index (Phi) is 5.63. The lowest BCUT2D eigenvalue weighted by Gasteiger charge is -2.43. The Bertz CT molecular complexity index is 966. The number of likely N-dealkylation sites (tertiary alicyclic amines) is 1. The maximum atomic E-state index is 13.4. The van der Waals surface area contributed by atoms with Crippen molar-refractivity contribution in [3.05, 3.63) is 40.5 Å². The summed E-state index contributed by atoms with van der Waals surface area (Å²) in [5.41, 5.74) is 6.85. The molecule has 4 rings (SSSR count). The van der Waals surface area contributed by atoms with E-state index >= 15 is 0 Å². The highest BCUT2D eigenvalue weighted by Gasteiger charge is 2.55. The van der Waals surface area contributed by atoms with Gasteiger partial charge in [-0.15, -0.1) is 0 Å². The first kappa shape index (κ1) is 21.5. The number of nitrogens with zero attached hydrogens (tertiary/aromatic N) is 3. The number of likely N-dealkylation sites (N-methyl/N-ethyl adjacent to an activating group) is 1. The molecular formula is C24H30N4O3. The van der Waals surface area contributed by atoms with Gasteiger partial charge in [0.1, 0.15) is 6.04 Å². The fourth-order valence-corrected chi connectivity index (χ4v) is 5.44. The summed E-state index contributed by atoms with van der Waals surface area (Å²) in [4.78, 5) is 29.6. The van der Waals surface area contributed by atoms with E-state index in [2.05, 4.69) is 12.1 Å². The predicted octanol–water partition coefficient (Wildman–Crippen LogP) is 2.40. The highest BCUT2D eigenvalue weighted by atomic mass is 16.5. The maximum absolute atomic E-state index is 13.4. The maximum Gasteiger partial charge on any atom is 0.248 e. The number of aryl methyl sites for hydroxylation is 2. The fraction of sp³-hybridized carbons (Fsp3) is 0.542. The zero-order valence-electron chi connectivity index (χ0n) is 18.4. The Hall–Kier alpha value is -2.69. The number of amides is 2. The number of rotatable bonds is 3. The molecule has 0 bridgehead atoms. The van der Waals surface area contributed by atoms with Gasteiger partial charge < -0.3 is 4.90 Å². The number of hydrogen-bond donors (Lipinski definition) is 2. The Labute approximate surface area is 183 Å². The van der Waals surface area contributed by atoms with Crippen LogP contribution < -0.4 is 5.48 Å². The summed E-state index contributed by atoms with van der Waals surface area (Å²) < 4.78 is 0. The third-order valence-corrected chi connectivity index (χ3v) is 7.29. The second kappa shape index (κ2) is 8.10. The van der Waals surface area contributed by atoms with Gasteiger partial charge in [0.15, 0.2) is 0 Å². The summed E-state index contributed by atoms with van der Waals surface area (Å²) in [5, 5.41) is 18.5. The van der Waals surface area contributed by atoms with Gasteiger partial charge in [-0.2, -0.15) is 5.26 Å². The lowest BCUT2D eigenvalue weighted by Crippen LogP contribution is -2.59. The van der Waals surface area contributed by atoms with E-state index in [0.717, 1.165) is 48.1 Å². The van der Waals surface area contributed by atoms with Gasteiger partial charge in [0.25, 0.3) is 0 Å². The summed E-state index contributed by atoms with van der Waals surface area (Å²) in [5.74, 6) is -1.05. The highest BCUT2D eigenvalue weighted by Crippen LogP contribution is 2.54. The molecule has 3 aliphatic rings. The van der Waals surface area contributed by atoms with Crippen molar-refractivity contribution in [2.24, 2.45) is 11.3 Å². The van der Waals surface area contributed by atoms with Gasteiger partial charge >= 0.3 is 0 Å². The molecule has 1 aliphatic carbocycles. The summed E-state index contributed by atoms with van der Waals surface area (Å²) in [6.45, 7) is 5.80. The minimum absolute atomic E-state index is 0.0471. The minimum Gasteiger partial charge on any atom is -0.337 e. The lowest BCUT2D eigenvalue weighted by atomic mass is 9.80. The molecule has 2 aliphatic heterocycles. The molecule has 1 saturated carbocycles. The average molecular weight is 423 g/mol. The number of piperidine rings is 1. The molecule has 2 heterocycles. The van der Waals surface area contributed by atoms with Gasteiger partial charge in [-0.25, -0.2) is 5.48 Å². The van der Waals surface area contributed by atoms with Crippen molar-refractivity contribution < 1.29 is 14.8 Å². The summed E-state index contributed by atoms with van der Waals surface area (Å²) in [7, 11) is 1.91. The number of carbonyl (C=O) groups excluding carboxylic acids is 2. The average Bonchev–Trinajstić information content (AvgIpc) is 3.50. The second-order valence-corrected chi connectivity index (χ2v) is 9.51. The van der Waals surface area contributed by atoms with Crippen LogP contribution in [0.2, 0.25) is 0 Å². The largest absolute Gasteiger partial charge is 0.337 e. The molecule has 1 aromatic carbocycles. The molecule has 7 heteroatoms. The van der Waals surface area contributed by atoms with E-state index in [0.29, 0.717) is 19.5 Å². The van der Waals surface area contributed by atoms with E-state index in [1.54, 1.807) is 5.48 Å². The van der Waals surface area contributed by atoms with E-state index in [4.69, 9.17) is 0 Å². The van der Waals surface area contributed by atoms with Crippen LogP contribution in [0.4, 0.5) is 0 Å². The second-order valence-electron chi connectivity index (χ2n) is 9.51. The van der Waals surface area contributed by atoms with E-state index in [-0.39, 0.29) is 11.3 Å². The molecule has 2 N–H and O–H groups in total. The van der Waals surface area contributed by atoms with E-state index in [9.17, 15) is 20.1 Å². The third-order valence-electron chi connectivity index (χ3n) is 7.29. The summed E-state index contributed by atoms with van der Waals surface area (Å²) in [6.07, 6.45) is 5.61. The first-order valence-electron chi connectivity index (χ1n) is 10.9. The van der Waals surface area contributed by atoms with Crippen LogP contribution in [-0.2, 0) is 9.59 Å². The van der Waals surface area contributed by atoms with Crippen molar-refractivity contribution in [1.82, 2.24) is 15.3 Å². The van der Waals surface area contributed by atoms with Crippen molar-refractivity contribution in [2.75, 3.05) is 26.7 Å². The normalized spacial score (nSPS) is 25.0. The lowest BCUT2D eigenvalue weighted by molar-refractivity contribution is -0.150. The molecular weight excluding hydrogens is 392 g/mol. The number of nitriles is 1. The molecule has 2 atom stereocenters. The Morgan fingerprint density at radius 2 is 1.94 bits per heavy atom. The van der Waals surface area contributed by atoms with Crippen LogP contribution in [0, 0.1) is 36.5 Å². The Morgan fingerprint density at radius 1 is 1.26 bits per heavy atom. The first-order chi connectivity index (χ1) is 14.8. The van der Waals surface area contributed by atoms with Crippen molar-refractivity contribution in [2.45, 2.75) is 45.6 Å². The van der Waals surface area contributed by atoms with Gasteiger partial charge in [0.05, 0.1) is 17.6 Å². The quantitative estimate of drug-likeness (QED) is 0.576. The van der Waals surface area contributed by atoms with Crippen molar-refractivity contribution >= 4 is 17.4 Å². The van der Waals surface area contributed by atoms with Crippen LogP contribution in [0.25, 0.3) is 5.57 Å². The molecule has 0 radical (unpaired) electrons. The highest BCUT2D eigenvalue weighted by molar-refractivity contribution is 5.90. The zero-order valence-corrected chi connectivity index (χ0v) is 18.4. The van der Waals surface area contributed by atoms with Crippen LogP contribution in [0.15, 0.2) is 18.2 Å². The van der Waals surface area contributed by atoms with Gasteiger partial charge in [0, 0.05) is 19.6 Å². The van der Waals surface area contributed by atoms with Gasteiger partial charge in [-0.1, -0.05) is 18.2 Å². The first-order valence-corrected chi connectivity index (χ1v) is 10.9.